The second-order valence-electron chi connectivity index (χ2n) is 9.76. The van der Waals surface area contributed by atoms with Crippen molar-refractivity contribution >= 4 is 21.8 Å². The molecule has 7 nitrogen and oxygen atoms in total. The Morgan fingerprint density at radius 2 is 1.47 bits per heavy atom. The van der Waals surface area contributed by atoms with Gasteiger partial charge in [0.2, 0.25) is 15.9 Å². The number of nitrogens with one attached hydrogen (secondary N) is 2. The highest BCUT2D eigenvalue weighted by atomic mass is 32.2. The zero-order chi connectivity index (χ0) is 21.5. The summed E-state index contributed by atoms with van der Waals surface area (Å²) in [7, 11) is -2.41. The van der Waals surface area contributed by atoms with Gasteiger partial charge in [-0.25, -0.2) is 8.42 Å². The summed E-state index contributed by atoms with van der Waals surface area (Å²) in [5.41, 5.74) is 5.93. The van der Waals surface area contributed by atoms with E-state index in [1.165, 1.54) is 38.4 Å². The first-order chi connectivity index (χ1) is 14.1. The molecule has 0 heterocycles. The van der Waals surface area contributed by atoms with Gasteiger partial charge in [-0.3, -0.25) is 20.4 Å². The van der Waals surface area contributed by atoms with Crippen molar-refractivity contribution in [2.24, 2.45) is 23.2 Å². The van der Waals surface area contributed by atoms with Gasteiger partial charge in [-0.2, -0.15) is 4.31 Å². The number of aryl methyl sites for hydroxylation is 1. The topological polar surface area (TPSA) is 95.6 Å². The number of carbonyl (C=O) groups is 2. The van der Waals surface area contributed by atoms with Crippen LogP contribution in [0.25, 0.3) is 0 Å². The summed E-state index contributed by atoms with van der Waals surface area (Å²) in [5.74, 6) is 1.54. The van der Waals surface area contributed by atoms with Gasteiger partial charge in [0.1, 0.15) is 0 Å². The summed E-state index contributed by atoms with van der Waals surface area (Å²) >= 11 is 0. The van der Waals surface area contributed by atoms with Crippen LogP contribution in [0.3, 0.4) is 0 Å². The number of hydrazine groups is 1. The molecule has 0 unspecified atom stereocenters. The number of amides is 2. The predicted molar refractivity (Wildman–Crippen MR) is 113 cm³/mol. The van der Waals surface area contributed by atoms with Gasteiger partial charge in [0.15, 0.2) is 0 Å². The minimum Gasteiger partial charge on any atom is -0.273 e. The lowest BCUT2D eigenvalue weighted by atomic mass is 9.49. The van der Waals surface area contributed by atoms with Crippen molar-refractivity contribution in [1.29, 1.82) is 0 Å². The number of carbonyl (C=O) groups excluding carboxylic acids is 2. The largest absolute Gasteiger partial charge is 0.273 e. The summed E-state index contributed by atoms with van der Waals surface area (Å²) in [6, 6.07) is 6.47. The third kappa shape index (κ3) is 4.39. The van der Waals surface area contributed by atoms with Crippen LogP contribution in [-0.2, 0) is 19.6 Å². The lowest BCUT2D eigenvalue weighted by molar-refractivity contribution is -0.134. The van der Waals surface area contributed by atoms with Crippen LogP contribution in [0.15, 0.2) is 29.2 Å². The molecule has 0 aliphatic heterocycles. The van der Waals surface area contributed by atoms with Crippen LogP contribution < -0.4 is 10.9 Å². The SMILES string of the molecule is Cc1ccc(S(=O)(=O)N(C)CC(=O)NNC(=O)CC23CC4CC(CC(C4)C2)C3)cc1. The molecule has 5 rings (SSSR count). The Hall–Kier alpha value is -1.93. The Morgan fingerprint density at radius 3 is 2.00 bits per heavy atom. The summed E-state index contributed by atoms with van der Waals surface area (Å²) in [4.78, 5) is 24.9. The lowest BCUT2D eigenvalue weighted by Crippen LogP contribution is -2.51. The fourth-order valence-corrected chi connectivity index (χ4v) is 7.37. The molecule has 1 aromatic carbocycles. The molecule has 1 aromatic rings. The third-order valence-corrected chi connectivity index (χ3v) is 8.96. The van der Waals surface area contributed by atoms with E-state index in [1.54, 1.807) is 12.1 Å². The smallest absolute Gasteiger partial charge is 0.253 e. The van der Waals surface area contributed by atoms with E-state index < -0.39 is 15.9 Å². The fourth-order valence-electron chi connectivity index (χ4n) is 6.25. The van der Waals surface area contributed by atoms with E-state index in [2.05, 4.69) is 10.9 Å². The molecule has 2 amide bonds. The number of sulfonamides is 1. The molecule has 0 aromatic heterocycles. The van der Waals surface area contributed by atoms with Gasteiger partial charge in [-0.1, -0.05) is 17.7 Å². The first-order valence-corrected chi connectivity index (χ1v) is 12.2. The van der Waals surface area contributed by atoms with Gasteiger partial charge in [0.05, 0.1) is 11.4 Å². The van der Waals surface area contributed by atoms with E-state index in [0.29, 0.717) is 6.42 Å². The summed E-state index contributed by atoms with van der Waals surface area (Å²) in [5, 5.41) is 0. The molecule has 0 saturated heterocycles. The molecule has 0 radical (unpaired) electrons. The van der Waals surface area contributed by atoms with Crippen molar-refractivity contribution in [2.45, 2.75) is 56.8 Å². The van der Waals surface area contributed by atoms with Crippen molar-refractivity contribution in [3.05, 3.63) is 29.8 Å². The monoisotopic (exact) mass is 433 g/mol. The maximum atomic E-state index is 12.6. The zero-order valence-corrected chi connectivity index (χ0v) is 18.5. The van der Waals surface area contributed by atoms with Crippen LogP contribution in [0, 0.1) is 30.1 Å². The summed E-state index contributed by atoms with van der Waals surface area (Å²) < 4.78 is 26.2. The maximum Gasteiger partial charge on any atom is 0.253 e. The van der Waals surface area contributed by atoms with Gasteiger partial charge < -0.3 is 0 Å². The van der Waals surface area contributed by atoms with E-state index >= 15 is 0 Å². The van der Waals surface area contributed by atoms with Crippen molar-refractivity contribution in [3.8, 4) is 0 Å². The fraction of sp³-hybridized carbons (Fsp3) is 0.636. The van der Waals surface area contributed by atoms with Gasteiger partial charge in [-0.05, 0) is 80.8 Å². The first-order valence-electron chi connectivity index (χ1n) is 10.8. The number of nitrogens with zero attached hydrogens (tertiary/aromatic N) is 1. The Morgan fingerprint density at radius 1 is 0.967 bits per heavy atom. The third-order valence-electron chi connectivity index (χ3n) is 7.14. The van der Waals surface area contributed by atoms with E-state index in [4.69, 9.17) is 0 Å². The van der Waals surface area contributed by atoms with Crippen LogP contribution in [-0.4, -0.2) is 38.1 Å². The van der Waals surface area contributed by atoms with E-state index in [1.807, 2.05) is 6.92 Å². The second-order valence-corrected chi connectivity index (χ2v) is 11.8. The highest BCUT2D eigenvalue weighted by Gasteiger charge is 2.51. The van der Waals surface area contributed by atoms with Gasteiger partial charge in [0, 0.05) is 13.5 Å². The number of hydrogen-bond acceptors (Lipinski definition) is 4. The summed E-state index contributed by atoms with van der Waals surface area (Å²) in [6.07, 6.45) is 7.76. The molecule has 8 heteroatoms. The van der Waals surface area contributed by atoms with Gasteiger partial charge >= 0.3 is 0 Å². The average molecular weight is 434 g/mol. The number of benzene rings is 1. The molecular formula is C22H31N3O4S. The number of likely N-dealkylation sites (N-methyl/N-ethyl adjacent to an activating group) is 1. The van der Waals surface area contributed by atoms with Crippen LogP contribution >= 0.6 is 0 Å². The highest BCUT2D eigenvalue weighted by Crippen LogP contribution is 2.61. The highest BCUT2D eigenvalue weighted by molar-refractivity contribution is 7.89. The van der Waals surface area contributed by atoms with Crippen LogP contribution in [0.4, 0.5) is 0 Å². The average Bonchev–Trinajstić information content (AvgIpc) is 2.65. The Labute approximate surface area is 178 Å². The molecule has 4 aliphatic rings. The van der Waals surface area contributed by atoms with Crippen molar-refractivity contribution < 1.29 is 18.0 Å². The van der Waals surface area contributed by atoms with Gasteiger partial charge in [0.25, 0.3) is 5.91 Å². The molecule has 4 aliphatic carbocycles. The van der Waals surface area contributed by atoms with Crippen LogP contribution in [0.1, 0.15) is 50.5 Å². The van der Waals surface area contributed by atoms with E-state index in [0.717, 1.165) is 46.9 Å². The molecule has 4 fully saturated rings. The Balaban J connectivity index is 1.27. The molecule has 164 valence electrons. The molecular weight excluding hydrogens is 402 g/mol. The van der Waals surface area contributed by atoms with Crippen molar-refractivity contribution in [1.82, 2.24) is 15.2 Å². The lowest BCUT2D eigenvalue weighted by Gasteiger charge is -2.56. The molecule has 0 atom stereocenters. The first kappa shape index (κ1) is 21.3. The van der Waals surface area contributed by atoms with Crippen LogP contribution in [0.5, 0.6) is 0 Å². The molecule has 0 spiro atoms. The molecule has 30 heavy (non-hydrogen) atoms. The minimum absolute atomic E-state index is 0.0924. The van der Waals surface area contributed by atoms with Crippen LogP contribution in [0.2, 0.25) is 0 Å². The number of rotatable bonds is 6. The standard InChI is InChI=1S/C22H31N3O4S/c1-15-3-5-19(6-4-15)30(28,29)25(2)14-21(27)24-23-20(26)13-22-10-16-7-17(11-22)9-18(8-16)12-22/h3-6,16-18H,7-14H2,1-2H3,(H,23,26)(H,24,27). The second kappa shape index (κ2) is 7.96. The van der Waals surface area contributed by atoms with Crippen molar-refractivity contribution in [2.75, 3.05) is 13.6 Å². The molecule has 4 saturated carbocycles. The zero-order valence-electron chi connectivity index (χ0n) is 17.7. The Bertz CT molecular complexity index is 891. The van der Waals surface area contributed by atoms with E-state index in [9.17, 15) is 18.0 Å². The van der Waals surface area contributed by atoms with E-state index in [-0.39, 0.29) is 22.8 Å². The molecule has 4 bridgehead atoms. The Kier molecular flexibility index (Phi) is 5.66. The van der Waals surface area contributed by atoms with Crippen molar-refractivity contribution in [3.63, 3.8) is 0 Å². The van der Waals surface area contributed by atoms with Gasteiger partial charge in [-0.15, -0.1) is 0 Å². The predicted octanol–water partition coefficient (Wildman–Crippen LogP) is 2.37. The normalized spacial score (nSPS) is 29.8. The maximum absolute atomic E-state index is 12.6. The number of hydrogen-bond donors (Lipinski definition) is 2. The summed E-state index contributed by atoms with van der Waals surface area (Å²) in [6.45, 7) is 1.51. The molecule has 2 N–H and O–H groups in total. The minimum atomic E-state index is -3.77. The quantitative estimate of drug-likeness (QED) is 0.674.